The summed E-state index contributed by atoms with van der Waals surface area (Å²) >= 11 is 0. The Morgan fingerprint density at radius 2 is 2.16 bits per heavy atom. The smallest absolute Gasteiger partial charge is 0.214 e. The van der Waals surface area contributed by atoms with E-state index in [4.69, 9.17) is 9.47 Å². The minimum Gasteiger partial charge on any atom is -0.478 e. The summed E-state index contributed by atoms with van der Waals surface area (Å²) < 4.78 is 38.0. The van der Waals surface area contributed by atoms with Crippen LogP contribution >= 0.6 is 0 Å². The summed E-state index contributed by atoms with van der Waals surface area (Å²) in [6.07, 6.45) is 5.88. The van der Waals surface area contributed by atoms with Crippen LogP contribution in [0.1, 0.15) is 39.0 Å². The molecule has 6 nitrogen and oxygen atoms in total. The molecule has 0 aromatic carbocycles. The van der Waals surface area contributed by atoms with E-state index < -0.39 is 10.0 Å². The van der Waals surface area contributed by atoms with Gasteiger partial charge in [0.2, 0.25) is 15.9 Å². The molecule has 2 fully saturated rings. The number of ether oxygens (including phenoxy) is 2. The zero-order valence-electron chi connectivity index (χ0n) is 14.9. The molecule has 140 valence electrons. The molecule has 0 N–H and O–H groups in total. The van der Waals surface area contributed by atoms with Gasteiger partial charge in [0, 0.05) is 32.0 Å². The van der Waals surface area contributed by atoms with Crippen LogP contribution in [-0.4, -0.2) is 55.4 Å². The van der Waals surface area contributed by atoms with Crippen LogP contribution in [0.4, 0.5) is 0 Å². The third-order valence-electron chi connectivity index (χ3n) is 5.38. The molecule has 0 saturated carbocycles. The van der Waals surface area contributed by atoms with Crippen LogP contribution in [0.2, 0.25) is 0 Å². The summed E-state index contributed by atoms with van der Waals surface area (Å²) in [5.74, 6) is 1.31. The average molecular weight is 368 g/mol. The fourth-order valence-electron chi connectivity index (χ4n) is 4.01. The van der Waals surface area contributed by atoms with Crippen LogP contribution in [0.15, 0.2) is 24.4 Å². The third-order valence-corrected chi connectivity index (χ3v) is 7.45. The second-order valence-corrected chi connectivity index (χ2v) is 9.01. The first-order chi connectivity index (χ1) is 12.1. The van der Waals surface area contributed by atoms with Gasteiger partial charge in [0.1, 0.15) is 0 Å². The van der Waals surface area contributed by atoms with Crippen molar-refractivity contribution < 1.29 is 17.9 Å². The molecule has 1 atom stereocenters. The predicted octanol–water partition coefficient (Wildman–Crippen LogP) is 2.46. The van der Waals surface area contributed by atoms with Gasteiger partial charge in [-0.2, -0.15) is 0 Å². The Balaban J connectivity index is 1.53. The first kappa shape index (κ1) is 18.6. The lowest BCUT2D eigenvalue weighted by molar-refractivity contribution is -0.0589. The highest BCUT2D eigenvalue weighted by Crippen LogP contribution is 2.42. The second kappa shape index (κ2) is 8.01. The quantitative estimate of drug-likeness (QED) is 0.739. The summed E-state index contributed by atoms with van der Waals surface area (Å²) in [7, 11) is -3.11. The van der Waals surface area contributed by atoms with Gasteiger partial charge in [0.25, 0.3) is 0 Å². The van der Waals surface area contributed by atoms with Gasteiger partial charge >= 0.3 is 0 Å². The number of nitrogens with zero attached hydrogens (tertiary/aromatic N) is 2. The van der Waals surface area contributed by atoms with Crippen molar-refractivity contribution in [3.8, 4) is 5.88 Å². The molecule has 1 unspecified atom stereocenters. The maximum Gasteiger partial charge on any atom is 0.214 e. The highest BCUT2D eigenvalue weighted by Gasteiger charge is 2.47. The van der Waals surface area contributed by atoms with E-state index in [9.17, 15) is 8.42 Å². The predicted molar refractivity (Wildman–Crippen MR) is 96.0 cm³/mol. The van der Waals surface area contributed by atoms with Crippen molar-refractivity contribution in [3.63, 3.8) is 0 Å². The monoisotopic (exact) mass is 368 g/mol. The van der Waals surface area contributed by atoms with Gasteiger partial charge in [-0.15, -0.1) is 0 Å². The number of sulfonamides is 1. The number of aromatic nitrogens is 1. The van der Waals surface area contributed by atoms with Gasteiger partial charge in [-0.25, -0.2) is 17.7 Å². The molecule has 0 radical (unpaired) electrons. The Labute approximate surface area is 150 Å². The summed E-state index contributed by atoms with van der Waals surface area (Å²) in [5, 5.41) is 0. The molecule has 25 heavy (non-hydrogen) atoms. The number of hydrogen-bond acceptors (Lipinski definition) is 5. The lowest BCUT2D eigenvalue weighted by Crippen LogP contribution is -2.50. The summed E-state index contributed by atoms with van der Waals surface area (Å²) in [6, 6.07) is 5.64. The van der Waals surface area contributed by atoms with Gasteiger partial charge in [-0.3, -0.25) is 0 Å². The molecule has 2 aliphatic rings. The van der Waals surface area contributed by atoms with Crippen molar-refractivity contribution in [1.82, 2.24) is 9.29 Å². The van der Waals surface area contributed by atoms with E-state index in [1.165, 1.54) is 0 Å². The fourth-order valence-corrected chi connectivity index (χ4v) is 5.53. The maximum atomic E-state index is 12.3. The van der Waals surface area contributed by atoms with Crippen molar-refractivity contribution in [2.75, 3.05) is 32.1 Å². The van der Waals surface area contributed by atoms with E-state index in [-0.39, 0.29) is 11.4 Å². The summed E-state index contributed by atoms with van der Waals surface area (Å²) in [5.41, 5.74) is -0.175. The molecule has 3 rings (SSSR count). The topological polar surface area (TPSA) is 68.7 Å². The molecular weight excluding hydrogens is 340 g/mol. The minimum absolute atomic E-state index is 0.175. The van der Waals surface area contributed by atoms with Crippen molar-refractivity contribution in [2.24, 2.45) is 5.92 Å². The lowest BCUT2D eigenvalue weighted by Gasteiger charge is -2.41. The van der Waals surface area contributed by atoms with Crippen LogP contribution in [0.25, 0.3) is 0 Å². The molecule has 1 spiro atoms. The highest BCUT2D eigenvalue weighted by molar-refractivity contribution is 7.89. The molecule has 0 bridgehead atoms. The molecule has 2 aliphatic heterocycles. The molecule has 1 aromatic rings. The molecule has 0 amide bonds. The van der Waals surface area contributed by atoms with E-state index in [0.717, 1.165) is 32.3 Å². The molecular formula is C18H28N2O4S. The standard InChI is InChI=1S/C18H28N2O4S/c1-2-15-25(21,22)20-11-8-18(9-12-20)16(7-14-24-18)6-13-23-17-5-3-4-10-19-17/h3-5,10,16H,2,6-9,11-15H2,1H3. The van der Waals surface area contributed by atoms with Crippen molar-refractivity contribution in [2.45, 2.75) is 44.6 Å². The summed E-state index contributed by atoms with van der Waals surface area (Å²) in [6.45, 7) is 4.42. The maximum absolute atomic E-state index is 12.3. The van der Waals surface area contributed by atoms with E-state index >= 15 is 0 Å². The van der Waals surface area contributed by atoms with Crippen LogP contribution in [0.3, 0.4) is 0 Å². The molecule has 2 saturated heterocycles. The lowest BCUT2D eigenvalue weighted by atomic mass is 9.78. The zero-order valence-corrected chi connectivity index (χ0v) is 15.7. The average Bonchev–Trinajstić information content (AvgIpc) is 2.98. The fraction of sp³-hybridized carbons (Fsp3) is 0.722. The van der Waals surface area contributed by atoms with Crippen molar-refractivity contribution in [3.05, 3.63) is 24.4 Å². The Morgan fingerprint density at radius 3 is 2.84 bits per heavy atom. The van der Waals surface area contributed by atoms with Crippen LogP contribution in [0.5, 0.6) is 5.88 Å². The first-order valence-corrected chi connectivity index (χ1v) is 10.8. The molecule has 7 heteroatoms. The number of piperidine rings is 1. The van der Waals surface area contributed by atoms with Gasteiger partial charge in [-0.05, 0) is 44.1 Å². The van der Waals surface area contributed by atoms with E-state index in [1.807, 2.05) is 25.1 Å². The summed E-state index contributed by atoms with van der Waals surface area (Å²) in [4.78, 5) is 4.17. The molecule has 3 heterocycles. The van der Waals surface area contributed by atoms with Crippen LogP contribution in [0, 0.1) is 5.92 Å². The Morgan fingerprint density at radius 1 is 1.36 bits per heavy atom. The zero-order chi connectivity index (χ0) is 17.8. The van der Waals surface area contributed by atoms with Gasteiger partial charge in [0.15, 0.2) is 0 Å². The van der Waals surface area contributed by atoms with E-state index in [1.54, 1.807) is 10.5 Å². The number of hydrogen-bond donors (Lipinski definition) is 0. The Hall–Kier alpha value is -1.18. The normalized spacial score (nSPS) is 23.8. The number of rotatable bonds is 7. The Bertz CT molecular complexity index is 642. The van der Waals surface area contributed by atoms with Gasteiger partial charge < -0.3 is 9.47 Å². The van der Waals surface area contributed by atoms with Crippen LogP contribution in [-0.2, 0) is 14.8 Å². The first-order valence-electron chi connectivity index (χ1n) is 9.21. The van der Waals surface area contributed by atoms with Gasteiger partial charge in [-0.1, -0.05) is 13.0 Å². The van der Waals surface area contributed by atoms with E-state index in [2.05, 4.69) is 4.98 Å². The number of pyridine rings is 1. The molecule has 0 aliphatic carbocycles. The van der Waals surface area contributed by atoms with E-state index in [0.29, 0.717) is 37.9 Å². The third kappa shape index (κ3) is 4.33. The van der Waals surface area contributed by atoms with Crippen molar-refractivity contribution >= 4 is 10.0 Å². The molecule has 1 aromatic heterocycles. The minimum atomic E-state index is -3.11. The highest BCUT2D eigenvalue weighted by atomic mass is 32.2. The Kier molecular flexibility index (Phi) is 5.96. The van der Waals surface area contributed by atoms with Crippen molar-refractivity contribution in [1.29, 1.82) is 0 Å². The largest absolute Gasteiger partial charge is 0.478 e. The second-order valence-electron chi connectivity index (χ2n) is 6.92. The SMILES string of the molecule is CCCS(=O)(=O)N1CCC2(CC1)OCCC2CCOc1ccccn1. The van der Waals surface area contributed by atoms with Gasteiger partial charge in [0.05, 0.1) is 18.0 Å². The van der Waals surface area contributed by atoms with Crippen LogP contribution < -0.4 is 4.74 Å².